The third-order valence-corrected chi connectivity index (χ3v) is 4.84. The molecule has 2 rings (SSSR count). The number of carbonyl (C=O) groups excluding carboxylic acids is 2. The van der Waals surface area contributed by atoms with Crippen LogP contribution in [0, 0.1) is 11.8 Å². The summed E-state index contributed by atoms with van der Waals surface area (Å²) >= 11 is 0. The Labute approximate surface area is 191 Å². The Morgan fingerprint density at radius 2 is 1.73 bits per heavy atom. The summed E-state index contributed by atoms with van der Waals surface area (Å²) in [6.45, 7) is 11.8. The summed E-state index contributed by atoms with van der Waals surface area (Å²) in [6, 6.07) is 5.46. The quantitative estimate of drug-likeness (QED) is 0.409. The van der Waals surface area contributed by atoms with Crippen molar-refractivity contribution in [2.24, 2.45) is 11.8 Å². The number of anilines is 3. The summed E-state index contributed by atoms with van der Waals surface area (Å²) in [4.78, 5) is 25.7. The van der Waals surface area contributed by atoms with Gasteiger partial charge in [-0.25, -0.2) is 4.79 Å². The number of aldehydes is 1. The van der Waals surface area contributed by atoms with Crippen LogP contribution in [0.1, 0.15) is 58.2 Å². The van der Waals surface area contributed by atoms with Crippen LogP contribution in [0.3, 0.4) is 0 Å². The zero-order valence-electron chi connectivity index (χ0n) is 19.5. The number of hydrogen-bond acceptors (Lipinski definition) is 5. The fourth-order valence-electron chi connectivity index (χ4n) is 3.40. The highest BCUT2D eigenvalue weighted by molar-refractivity contribution is 6.01. The fourth-order valence-corrected chi connectivity index (χ4v) is 3.40. The monoisotopic (exact) mass is 468 g/mol. The number of aromatic nitrogens is 1. The minimum atomic E-state index is -4.68. The molecule has 1 aromatic heterocycles. The third-order valence-electron chi connectivity index (χ3n) is 4.84. The van der Waals surface area contributed by atoms with Gasteiger partial charge in [-0.15, -0.1) is 0 Å². The Kier molecular flexibility index (Phi) is 8.90. The van der Waals surface area contributed by atoms with Crippen LogP contribution in [-0.2, 0) is 11.0 Å². The van der Waals surface area contributed by atoms with Crippen molar-refractivity contribution >= 4 is 29.6 Å². The zero-order valence-corrected chi connectivity index (χ0v) is 19.5. The molecule has 0 bridgehead atoms. The third kappa shape index (κ3) is 7.80. The molecule has 0 fully saturated rings. The molecule has 1 heterocycles. The lowest BCUT2D eigenvalue weighted by atomic mass is 9.97. The predicted molar refractivity (Wildman–Crippen MR) is 122 cm³/mol. The van der Waals surface area contributed by atoms with Crippen LogP contribution in [0.25, 0.3) is 0 Å². The number of nitrogens with one attached hydrogen (secondary N) is 2. The highest BCUT2D eigenvalue weighted by Gasteiger charge is 2.35. The van der Waals surface area contributed by atoms with Gasteiger partial charge in [0.05, 0.1) is 11.4 Å². The Bertz CT molecular complexity index is 931. The molecule has 2 N–H and O–H groups in total. The lowest BCUT2D eigenvalue weighted by Crippen LogP contribution is -2.32. The molecule has 7 nitrogen and oxygen atoms in total. The second-order valence-corrected chi connectivity index (χ2v) is 8.93. The number of rotatable bonds is 10. The standard InChI is InChI=1S/C23H31F3N4O3/c1-14(2)12-30(13-15(3)4)19-7-6-17(16(5)8-9-31)10-18(19)27-22(32)28-21-11-20(29-33-21)23(24,25)26/h6-7,9-11,14-16H,8,12-13H2,1-5H3,(H2,27,28,32). The van der Waals surface area contributed by atoms with E-state index in [9.17, 15) is 22.8 Å². The molecule has 0 aliphatic carbocycles. The van der Waals surface area contributed by atoms with Gasteiger partial charge < -0.3 is 19.5 Å². The number of urea groups is 1. The maximum atomic E-state index is 12.7. The molecule has 1 unspecified atom stereocenters. The minimum absolute atomic E-state index is 0.0626. The van der Waals surface area contributed by atoms with E-state index in [1.165, 1.54) is 0 Å². The van der Waals surface area contributed by atoms with Crippen LogP contribution < -0.4 is 15.5 Å². The van der Waals surface area contributed by atoms with E-state index in [1.54, 1.807) is 6.07 Å². The van der Waals surface area contributed by atoms with E-state index in [2.05, 4.69) is 52.9 Å². The van der Waals surface area contributed by atoms with Gasteiger partial charge in [0.1, 0.15) is 6.29 Å². The van der Waals surface area contributed by atoms with Gasteiger partial charge in [0.2, 0.25) is 5.88 Å². The Hall–Kier alpha value is -3.04. The number of halogens is 3. The summed E-state index contributed by atoms with van der Waals surface area (Å²) in [5.41, 5.74) is 0.889. The molecule has 33 heavy (non-hydrogen) atoms. The van der Waals surface area contributed by atoms with E-state index < -0.39 is 23.8 Å². The zero-order chi connectivity index (χ0) is 24.8. The summed E-state index contributed by atoms with van der Waals surface area (Å²) in [5.74, 6) is 0.226. The lowest BCUT2D eigenvalue weighted by molar-refractivity contribution is -0.142. The van der Waals surface area contributed by atoms with E-state index in [0.717, 1.165) is 30.6 Å². The first-order chi connectivity index (χ1) is 15.4. The van der Waals surface area contributed by atoms with Gasteiger partial charge in [0.25, 0.3) is 0 Å². The first-order valence-electron chi connectivity index (χ1n) is 10.8. The molecule has 2 amide bonds. The molecule has 0 radical (unpaired) electrons. The van der Waals surface area contributed by atoms with Gasteiger partial charge in [-0.05, 0) is 35.4 Å². The predicted octanol–water partition coefficient (Wildman–Crippen LogP) is 6.15. The summed E-state index contributed by atoms with van der Waals surface area (Å²) in [5, 5.41) is 7.91. The van der Waals surface area contributed by atoms with E-state index in [4.69, 9.17) is 0 Å². The van der Waals surface area contributed by atoms with Crippen molar-refractivity contribution in [3.63, 3.8) is 0 Å². The van der Waals surface area contributed by atoms with Crippen molar-refractivity contribution in [1.82, 2.24) is 5.16 Å². The van der Waals surface area contributed by atoms with E-state index in [1.807, 2.05) is 19.1 Å². The molecule has 1 aromatic carbocycles. The van der Waals surface area contributed by atoms with Crippen molar-refractivity contribution in [2.75, 3.05) is 28.6 Å². The van der Waals surface area contributed by atoms with Crippen LogP contribution in [0.2, 0.25) is 0 Å². The fraction of sp³-hybridized carbons (Fsp3) is 0.522. The topological polar surface area (TPSA) is 87.5 Å². The van der Waals surface area contributed by atoms with Crippen LogP contribution in [-0.4, -0.2) is 30.6 Å². The van der Waals surface area contributed by atoms with Crippen LogP contribution in [0.5, 0.6) is 0 Å². The molecular formula is C23H31F3N4O3. The SMILES string of the molecule is CC(C)CN(CC(C)C)c1ccc(C(C)CC=O)cc1NC(=O)Nc1cc(C(F)(F)F)no1. The van der Waals surface area contributed by atoms with Crippen molar-refractivity contribution in [3.05, 3.63) is 35.5 Å². The van der Waals surface area contributed by atoms with Crippen LogP contribution in [0.15, 0.2) is 28.8 Å². The smallest absolute Gasteiger partial charge is 0.369 e. The Morgan fingerprint density at radius 3 is 2.24 bits per heavy atom. The van der Waals surface area contributed by atoms with Crippen molar-refractivity contribution < 1.29 is 27.3 Å². The number of amides is 2. The highest BCUT2D eigenvalue weighted by atomic mass is 19.4. The number of carbonyl (C=O) groups is 2. The van der Waals surface area contributed by atoms with Crippen molar-refractivity contribution in [1.29, 1.82) is 0 Å². The molecule has 0 saturated carbocycles. The average molecular weight is 469 g/mol. The van der Waals surface area contributed by atoms with E-state index >= 15 is 0 Å². The van der Waals surface area contributed by atoms with Gasteiger partial charge in [-0.3, -0.25) is 5.32 Å². The largest absolute Gasteiger partial charge is 0.436 e. The molecule has 10 heteroatoms. The second-order valence-electron chi connectivity index (χ2n) is 8.93. The molecule has 0 aliphatic heterocycles. The number of alkyl halides is 3. The molecule has 0 spiro atoms. The maximum absolute atomic E-state index is 12.7. The molecular weight excluding hydrogens is 437 g/mol. The van der Waals surface area contributed by atoms with Crippen LogP contribution in [0.4, 0.5) is 35.2 Å². The molecule has 1 atom stereocenters. The van der Waals surface area contributed by atoms with Gasteiger partial charge in [0.15, 0.2) is 5.69 Å². The second kappa shape index (κ2) is 11.2. The lowest BCUT2D eigenvalue weighted by Gasteiger charge is -2.31. The first-order valence-corrected chi connectivity index (χ1v) is 10.8. The van der Waals surface area contributed by atoms with E-state index in [-0.39, 0.29) is 5.92 Å². The van der Waals surface area contributed by atoms with Crippen LogP contribution >= 0.6 is 0 Å². The number of nitrogens with zero attached hydrogens (tertiary/aromatic N) is 2. The highest BCUT2D eigenvalue weighted by Crippen LogP contribution is 2.33. The van der Waals surface area contributed by atoms with Crippen molar-refractivity contribution in [3.8, 4) is 0 Å². The summed E-state index contributed by atoms with van der Waals surface area (Å²) in [7, 11) is 0. The maximum Gasteiger partial charge on any atom is 0.436 e. The Balaban J connectivity index is 2.35. The molecule has 0 aliphatic rings. The average Bonchev–Trinajstić information content (AvgIpc) is 3.15. The minimum Gasteiger partial charge on any atom is -0.369 e. The number of benzene rings is 1. The van der Waals surface area contributed by atoms with Gasteiger partial charge in [-0.1, -0.05) is 45.8 Å². The van der Waals surface area contributed by atoms with Gasteiger partial charge in [-0.2, -0.15) is 13.2 Å². The molecule has 182 valence electrons. The normalized spacial score (nSPS) is 12.7. The van der Waals surface area contributed by atoms with Gasteiger partial charge in [0, 0.05) is 25.6 Å². The summed E-state index contributed by atoms with van der Waals surface area (Å²) < 4.78 is 42.8. The Morgan fingerprint density at radius 1 is 1.09 bits per heavy atom. The molecule has 0 saturated heterocycles. The van der Waals surface area contributed by atoms with Gasteiger partial charge >= 0.3 is 12.2 Å². The summed E-state index contributed by atoms with van der Waals surface area (Å²) in [6.07, 6.45) is -3.51. The number of hydrogen-bond donors (Lipinski definition) is 2. The van der Waals surface area contributed by atoms with E-state index in [0.29, 0.717) is 30.0 Å². The van der Waals surface area contributed by atoms with Crippen molar-refractivity contribution in [2.45, 2.75) is 53.1 Å². The molecule has 2 aromatic rings. The first kappa shape index (κ1) is 26.2.